The Morgan fingerprint density at radius 2 is 1.79 bits per heavy atom. The van der Waals surface area contributed by atoms with Crippen molar-refractivity contribution in [2.75, 3.05) is 19.0 Å². The SMILES string of the molecule is COc1ccc(Oc2cccc(NCC(=O)NN=Cc3ccncc3)c2)cc1. The number of pyridine rings is 1. The zero-order chi connectivity index (χ0) is 19.6. The smallest absolute Gasteiger partial charge is 0.259 e. The molecule has 142 valence electrons. The van der Waals surface area contributed by atoms with Crippen molar-refractivity contribution >= 4 is 17.8 Å². The summed E-state index contributed by atoms with van der Waals surface area (Å²) >= 11 is 0. The van der Waals surface area contributed by atoms with Gasteiger partial charge < -0.3 is 14.8 Å². The lowest BCUT2D eigenvalue weighted by molar-refractivity contribution is -0.119. The van der Waals surface area contributed by atoms with Crippen molar-refractivity contribution in [2.45, 2.75) is 0 Å². The fraction of sp³-hybridized carbons (Fsp3) is 0.0952. The predicted molar refractivity (Wildman–Crippen MR) is 108 cm³/mol. The lowest BCUT2D eigenvalue weighted by Gasteiger charge is -2.09. The van der Waals surface area contributed by atoms with Gasteiger partial charge in [-0.1, -0.05) is 6.07 Å². The van der Waals surface area contributed by atoms with Crippen LogP contribution in [0.3, 0.4) is 0 Å². The average Bonchev–Trinajstić information content (AvgIpc) is 2.74. The van der Waals surface area contributed by atoms with Gasteiger partial charge in [-0.15, -0.1) is 0 Å². The van der Waals surface area contributed by atoms with E-state index in [9.17, 15) is 4.79 Å². The van der Waals surface area contributed by atoms with Gasteiger partial charge in [0.2, 0.25) is 0 Å². The molecule has 0 bridgehead atoms. The Bertz CT molecular complexity index is 928. The fourth-order valence-corrected chi connectivity index (χ4v) is 2.30. The van der Waals surface area contributed by atoms with Gasteiger partial charge in [0.15, 0.2) is 0 Å². The number of amides is 1. The van der Waals surface area contributed by atoms with E-state index < -0.39 is 0 Å². The largest absolute Gasteiger partial charge is 0.497 e. The van der Waals surface area contributed by atoms with E-state index >= 15 is 0 Å². The second kappa shape index (κ2) is 9.72. The topological polar surface area (TPSA) is 84.8 Å². The summed E-state index contributed by atoms with van der Waals surface area (Å²) in [4.78, 5) is 15.8. The summed E-state index contributed by atoms with van der Waals surface area (Å²) in [6.07, 6.45) is 4.88. The van der Waals surface area contributed by atoms with Crippen LogP contribution in [0.2, 0.25) is 0 Å². The molecule has 7 nitrogen and oxygen atoms in total. The molecule has 0 unspecified atom stereocenters. The highest BCUT2D eigenvalue weighted by atomic mass is 16.5. The molecule has 0 atom stereocenters. The average molecular weight is 376 g/mol. The number of carbonyl (C=O) groups excluding carboxylic acids is 1. The molecule has 0 saturated carbocycles. The van der Waals surface area contributed by atoms with Crippen molar-refractivity contribution in [1.29, 1.82) is 0 Å². The van der Waals surface area contributed by atoms with Crippen LogP contribution in [0.15, 0.2) is 78.2 Å². The van der Waals surface area contributed by atoms with E-state index in [2.05, 4.69) is 20.8 Å². The third-order valence-electron chi connectivity index (χ3n) is 3.69. The number of rotatable bonds is 8. The molecule has 7 heteroatoms. The molecule has 0 fully saturated rings. The molecule has 28 heavy (non-hydrogen) atoms. The minimum absolute atomic E-state index is 0.0830. The quantitative estimate of drug-likeness (QED) is 0.465. The van der Waals surface area contributed by atoms with Gasteiger partial charge in [-0.3, -0.25) is 9.78 Å². The lowest BCUT2D eigenvalue weighted by Crippen LogP contribution is -2.25. The number of hydrogen-bond donors (Lipinski definition) is 2. The van der Waals surface area contributed by atoms with Gasteiger partial charge in [-0.2, -0.15) is 5.10 Å². The molecule has 0 spiro atoms. The van der Waals surface area contributed by atoms with E-state index in [4.69, 9.17) is 9.47 Å². The van der Waals surface area contributed by atoms with Crippen molar-refractivity contribution in [3.8, 4) is 17.2 Å². The molecule has 1 aromatic heterocycles. The first-order chi connectivity index (χ1) is 13.7. The highest BCUT2D eigenvalue weighted by Gasteiger charge is 2.02. The Morgan fingerprint density at radius 3 is 2.54 bits per heavy atom. The number of ether oxygens (including phenoxy) is 2. The Labute approximate surface area is 163 Å². The molecule has 1 heterocycles. The first-order valence-electron chi connectivity index (χ1n) is 8.61. The van der Waals surface area contributed by atoms with E-state index in [0.29, 0.717) is 11.5 Å². The Hall–Kier alpha value is -3.87. The maximum Gasteiger partial charge on any atom is 0.259 e. The monoisotopic (exact) mass is 376 g/mol. The van der Waals surface area contributed by atoms with E-state index in [0.717, 1.165) is 17.0 Å². The van der Waals surface area contributed by atoms with Crippen LogP contribution in [0.1, 0.15) is 5.56 Å². The Balaban J connectivity index is 1.49. The lowest BCUT2D eigenvalue weighted by atomic mass is 10.3. The Morgan fingerprint density at radius 1 is 1.04 bits per heavy atom. The number of nitrogens with one attached hydrogen (secondary N) is 2. The van der Waals surface area contributed by atoms with Crippen LogP contribution in [0.5, 0.6) is 17.2 Å². The Kier molecular flexibility index (Phi) is 6.57. The molecule has 3 rings (SSSR count). The molecule has 0 radical (unpaired) electrons. The summed E-state index contributed by atoms with van der Waals surface area (Å²) in [7, 11) is 1.62. The zero-order valence-corrected chi connectivity index (χ0v) is 15.3. The van der Waals surface area contributed by atoms with Gasteiger partial charge >= 0.3 is 0 Å². The maximum atomic E-state index is 11.9. The normalized spacial score (nSPS) is 10.5. The van der Waals surface area contributed by atoms with Crippen LogP contribution in [0.4, 0.5) is 5.69 Å². The molecule has 2 aromatic carbocycles. The fourth-order valence-electron chi connectivity index (χ4n) is 2.30. The van der Waals surface area contributed by atoms with Crippen LogP contribution >= 0.6 is 0 Å². The standard InChI is InChI=1S/C21H20N4O3/c1-27-18-5-7-19(8-6-18)28-20-4-2-3-17(13-20)23-15-21(26)25-24-14-16-9-11-22-12-10-16/h2-14,23H,15H2,1H3,(H,25,26). The summed E-state index contributed by atoms with van der Waals surface area (Å²) in [5.74, 6) is 1.86. The van der Waals surface area contributed by atoms with Gasteiger partial charge in [0.05, 0.1) is 19.9 Å². The summed E-state index contributed by atoms with van der Waals surface area (Å²) < 4.78 is 10.9. The second-order valence-electron chi connectivity index (χ2n) is 5.73. The number of methoxy groups -OCH3 is 1. The first-order valence-corrected chi connectivity index (χ1v) is 8.61. The third kappa shape index (κ3) is 5.84. The van der Waals surface area contributed by atoms with Crippen molar-refractivity contribution in [3.05, 3.63) is 78.6 Å². The van der Waals surface area contributed by atoms with Crippen LogP contribution in [-0.4, -0.2) is 30.8 Å². The maximum absolute atomic E-state index is 11.9. The van der Waals surface area contributed by atoms with Crippen molar-refractivity contribution in [2.24, 2.45) is 5.10 Å². The van der Waals surface area contributed by atoms with Crippen LogP contribution in [0.25, 0.3) is 0 Å². The number of hydrogen-bond acceptors (Lipinski definition) is 6. The minimum atomic E-state index is -0.258. The van der Waals surface area contributed by atoms with Gasteiger partial charge in [-0.25, -0.2) is 5.43 Å². The molecule has 3 aromatic rings. The van der Waals surface area contributed by atoms with E-state index in [1.54, 1.807) is 37.9 Å². The zero-order valence-electron chi connectivity index (χ0n) is 15.3. The van der Waals surface area contributed by atoms with Gasteiger partial charge in [0.1, 0.15) is 17.2 Å². The second-order valence-corrected chi connectivity index (χ2v) is 5.73. The van der Waals surface area contributed by atoms with Gasteiger partial charge in [0.25, 0.3) is 5.91 Å². The molecule has 0 aliphatic heterocycles. The number of anilines is 1. The van der Waals surface area contributed by atoms with E-state index in [-0.39, 0.29) is 12.5 Å². The summed E-state index contributed by atoms with van der Waals surface area (Å²) in [6.45, 7) is 0.0830. The van der Waals surface area contributed by atoms with Crippen molar-refractivity contribution in [3.63, 3.8) is 0 Å². The number of carbonyl (C=O) groups is 1. The predicted octanol–water partition coefficient (Wildman–Crippen LogP) is 3.44. The van der Waals surface area contributed by atoms with Crippen LogP contribution in [0, 0.1) is 0 Å². The first kappa shape index (κ1) is 18.9. The van der Waals surface area contributed by atoms with Gasteiger partial charge in [0, 0.05) is 24.1 Å². The van der Waals surface area contributed by atoms with Crippen LogP contribution < -0.4 is 20.2 Å². The number of hydrazone groups is 1. The molecular weight excluding hydrogens is 356 g/mol. The number of aromatic nitrogens is 1. The highest BCUT2D eigenvalue weighted by molar-refractivity contribution is 5.84. The van der Waals surface area contributed by atoms with Gasteiger partial charge in [-0.05, 0) is 54.1 Å². The molecule has 0 aliphatic carbocycles. The number of nitrogens with zero attached hydrogens (tertiary/aromatic N) is 2. The van der Waals surface area contributed by atoms with E-state index in [1.165, 1.54) is 0 Å². The summed E-state index contributed by atoms with van der Waals surface area (Å²) in [5.41, 5.74) is 4.09. The molecule has 1 amide bonds. The molecular formula is C21H20N4O3. The molecule has 0 aliphatic rings. The third-order valence-corrected chi connectivity index (χ3v) is 3.69. The highest BCUT2D eigenvalue weighted by Crippen LogP contribution is 2.25. The van der Waals surface area contributed by atoms with Crippen LogP contribution in [-0.2, 0) is 4.79 Å². The molecule has 2 N–H and O–H groups in total. The van der Waals surface area contributed by atoms with Crippen molar-refractivity contribution in [1.82, 2.24) is 10.4 Å². The minimum Gasteiger partial charge on any atom is -0.497 e. The molecule has 0 saturated heterocycles. The summed E-state index contributed by atoms with van der Waals surface area (Å²) in [6, 6.07) is 18.3. The summed E-state index contributed by atoms with van der Waals surface area (Å²) in [5, 5.41) is 6.96. The van der Waals surface area contributed by atoms with Crippen molar-refractivity contribution < 1.29 is 14.3 Å². The number of benzene rings is 2. The van der Waals surface area contributed by atoms with E-state index in [1.807, 2.05) is 48.5 Å².